The second-order valence-electron chi connectivity index (χ2n) is 5.47. The van der Waals surface area contributed by atoms with Crippen molar-refractivity contribution in [2.24, 2.45) is 0 Å². The van der Waals surface area contributed by atoms with Crippen molar-refractivity contribution < 1.29 is 17.9 Å². The van der Waals surface area contributed by atoms with Crippen LogP contribution in [0.2, 0.25) is 0 Å². The van der Waals surface area contributed by atoms with Crippen molar-refractivity contribution in [3.63, 3.8) is 0 Å². The molecule has 1 aliphatic heterocycles. The molecule has 0 bridgehead atoms. The Morgan fingerprint density at radius 1 is 1.09 bits per heavy atom. The Morgan fingerprint density at radius 3 is 2.57 bits per heavy atom. The summed E-state index contributed by atoms with van der Waals surface area (Å²) in [6.45, 7) is 0.449. The highest BCUT2D eigenvalue weighted by Gasteiger charge is 2.26. The standard InChI is InChI=1S/C17H17NO4S/c19-17(10-16-15-9-5-4-8-14(15)11-22-16)18-23(20,21)12-13-6-2-1-3-7-13/h1-9,16H,10-12H2,(H,18,19). The van der Waals surface area contributed by atoms with Gasteiger partial charge in [-0.1, -0.05) is 54.6 Å². The minimum Gasteiger partial charge on any atom is -0.368 e. The maximum Gasteiger partial charge on any atom is 0.239 e. The van der Waals surface area contributed by atoms with Crippen molar-refractivity contribution in [2.45, 2.75) is 24.9 Å². The zero-order chi connectivity index (χ0) is 16.3. The fourth-order valence-electron chi connectivity index (χ4n) is 2.64. The first-order valence-corrected chi connectivity index (χ1v) is 8.95. The van der Waals surface area contributed by atoms with Crippen LogP contribution in [-0.2, 0) is 31.9 Å². The van der Waals surface area contributed by atoms with Crippen LogP contribution in [0.5, 0.6) is 0 Å². The predicted octanol–water partition coefficient (Wildman–Crippen LogP) is 2.29. The maximum atomic E-state index is 12.1. The topological polar surface area (TPSA) is 72.5 Å². The van der Waals surface area contributed by atoms with Crippen LogP contribution >= 0.6 is 0 Å². The fourth-order valence-corrected chi connectivity index (χ4v) is 3.78. The normalized spacial score (nSPS) is 16.8. The van der Waals surface area contributed by atoms with Gasteiger partial charge in [0.05, 0.1) is 24.9 Å². The molecular formula is C17H17NO4S. The van der Waals surface area contributed by atoms with E-state index in [4.69, 9.17) is 4.74 Å². The molecule has 0 spiro atoms. The van der Waals surface area contributed by atoms with Gasteiger partial charge in [0.2, 0.25) is 15.9 Å². The molecule has 3 rings (SSSR count). The minimum atomic E-state index is -3.71. The molecular weight excluding hydrogens is 314 g/mol. The largest absolute Gasteiger partial charge is 0.368 e. The molecule has 1 N–H and O–H groups in total. The Kier molecular flexibility index (Phi) is 4.45. The molecule has 0 aliphatic carbocycles. The number of rotatable bonds is 5. The summed E-state index contributed by atoms with van der Waals surface area (Å²) in [7, 11) is -3.71. The van der Waals surface area contributed by atoms with Gasteiger partial charge in [0.1, 0.15) is 0 Å². The smallest absolute Gasteiger partial charge is 0.239 e. The van der Waals surface area contributed by atoms with E-state index in [2.05, 4.69) is 4.72 Å². The molecule has 5 nitrogen and oxygen atoms in total. The average Bonchev–Trinajstić information content (AvgIpc) is 2.90. The predicted molar refractivity (Wildman–Crippen MR) is 85.8 cm³/mol. The molecule has 0 saturated heterocycles. The van der Waals surface area contributed by atoms with E-state index in [0.29, 0.717) is 12.2 Å². The van der Waals surface area contributed by atoms with E-state index in [9.17, 15) is 13.2 Å². The summed E-state index contributed by atoms with van der Waals surface area (Å²) in [5.74, 6) is -0.774. The Morgan fingerprint density at radius 2 is 1.78 bits per heavy atom. The number of hydrogen-bond acceptors (Lipinski definition) is 4. The van der Waals surface area contributed by atoms with Gasteiger partial charge in [-0.15, -0.1) is 0 Å². The third kappa shape index (κ3) is 3.97. The molecule has 0 aromatic heterocycles. The highest BCUT2D eigenvalue weighted by molar-refractivity contribution is 7.89. The molecule has 0 saturated carbocycles. The van der Waals surface area contributed by atoms with Crippen LogP contribution in [0.1, 0.15) is 29.2 Å². The SMILES string of the molecule is O=C(CC1OCc2ccccc21)NS(=O)(=O)Cc1ccccc1. The summed E-state index contributed by atoms with van der Waals surface area (Å²) in [6, 6.07) is 16.4. The summed E-state index contributed by atoms with van der Waals surface area (Å²) in [6.07, 6.45) is -0.400. The van der Waals surface area contributed by atoms with E-state index in [1.165, 1.54) is 0 Å². The number of nitrogens with one attached hydrogen (secondary N) is 1. The number of ether oxygens (including phenoxy) is 1. The number of carbonyl (C=O) groups excluding carboxylic acids is 1. The molecule has 0 fully saturated rings. The molecule has 0 radical (unpaired) electrons. The lowest BCUT2D eigenvalue weighted by molar-refractivity contribution is -0.122. The Balaban J connectivity index is 1.61. The molecule has 1 heterocycles. The third-order valence-corrected chi connectivity index (χ3v) is 4.93. The first-order chi connectivity index (χ1) is 11.0. The molecule has 1 aliphatic rings. The lowest BCUT2D eigenvalue weighted by Gasteiger charge is -2.12. The van der Waals surface area contributed by atoms with Crippen molar-refractivity contribution in [3.8, 4) is 0 Å². The van der Waals surface area contributed by atoms with Gasteiger partial charge in [-0.3, -0.25) is 9.52 Å². The second-order valence-corrected chi connectivity index (χ2v) is 7.19. The zero-order valence-corrected chi connectivity index (χ0v) is 13.3. The highest BCUT2D eigenvalue weighted by Crippen LogP contribution is 2.32. The first kappa shape index (κ1) is 15.7. The molecule has 1 unspecified atom stereocenters. The molecule has 2 aromatic rings. The second kappa shape index (κ2) is 6.52. The number of hydrogen-bond donors (Lipinski definition) is 1. The summed E-state index contributed by atoms with van der Waals surface area (Å²) in [5, 5.41) is 0. The van der Waals surface area contributed by atoms with Gasteiger partial charge in [-0.25, -0.2) is 8.42 Å². The monoisotopic (exact) mass is 331 g/mol. The zero-order valence-electron chi connectivity index (χ0n) is 12.4. The molecule has 120 valence electrons. The maximum absolute atomic E-state index is 12.1. The van der Waals surface area contributed by atoms with Crippen molar-refractivity contribution in [1.29, 1.82) is 0 Å². The molecule has 1 atom stereocenters. The summed E-state index contributed by atoms with van der Waals surface area (Å²) >= 11 is 0. The van der Waals surface area contributed by atoms with Crippen LogP contribution in [0.25, 0.3) is 0 Å². The number of amides is 1. The van der Waals surface area contributed by atoms with E-state index in [-0.39, 0.29) is 12.2 Å². The van der Waals surface area contributed by atoms with E-state index in [0.717, 1.165) is 11.1 Å². The molecule has 1 amide bonds. The minimum absolute atomic E-state index is 0.00890. The van der Waals surface area contributed by atoms with Gasteiger partial charge in [0.25, 0.3) is 0 Å². The summed E-state index contributed by atoms with van der Waals surface area (Å²) in [5.41, 5.74) is 2.62. The van der Waals surface area contributed by atoms with E-state index in [1.807, 2.05) is 30.3 Å². The Hall–Kier alpha value is -2.18. The lowest BCUT2D eigenvalue weighted by atomic mass is 10.0. The van der Waals surface area contributed by atoms with Gasteiger partial charge in [-0.2, -0.15) is 0 Å². The van der Waals surface area contributed by atoms with Crippen molar-refractivity contribution in [3.05, 3.63) is 71.3 Å². The molecule has 2 aromatic carbocycles. The van der Waals surface area contributed by atoms with Crippen LogP contribution in [0, 0.1) is 0 Å². The van der Waals surface area contributed by atoms with Gasteiger partial charge in [-0.05, 0) is 16.7 Å². The Labute approximate surface area is 135 Å². The average molecular weight is 331 g/mol. The number of benzene rings is 2. The first-order valence-electron chi connectivity index (χ1n) is 7.30. The summed E-state index contributed by atoms with van der Waals surface area (Å²) in [4.78, 5) is 12.0. The van der Waals surface area contributed by atoms with Gasteiger partial charge in [0, 0.05) is 0 Å². The summed E-state index contributed by atoms with van der Waals surface area (Å²) < 4.78 is 31.8. The number of sulfonamides is 1. The number of carbonyl (C=O) groups is 1. The quantitative estimate of drug-likeness (QED) is 0.912. The van der Waals surface area contributed by atoms with Gasteiger partial charge in [0.15, 0.2) is 0 Å². The highest BCUT2D eigenvalue weighted by atomic mass is 32.2. The molecule has 23 heavy (non-hydrogen) atoms. The van der Waals surface area contributed by atoms with Gasteiger partial charge < -0.3 is 4.74 Å². The van der Waals surface area contributed by atoms with Crippen molar-refractivity contribution >= 4 is 15.9 Å². The van der Waals surface area contributed by atoms with Crippen molar-refractivity contribution in [2.75, 3.05) is 0 Å². The molecule has 6 heteroatoms. The van der Waals surface area contributed by atoms with E-state index >= 15 is 0 Å². The van der Waals surface area contributed by atoms with E-state index in [1.54, 1.807) is 24.3 Å². The van der Waals surface area contributed by atoms with Crippen LogP contribution in [0.15, 0.2) is 54.6 Å². The van der Waals surface area contributed by atoms with Gasteiger partial charge >= 0.3 is 0 Å². The van der Waals surface area contributed by atoms with E-state index < -0.39 is 22.0 Å². The third-order valence-electron chi connectivity index (χ3n) is 3.68. The number of fused-ring (bicyclic) bond motifs is 1. The lowest BCUT2D eigenvalue weighted by Crippen LogP contribution is -2.32. The Bertz CT molecular complexity index is 802. The van der Waals surface area contributed by atoms with Crippen LogP contribution < -0.4 is 4.72 Å². The fraction of sp³-hybridized carbons (Fsp3) is 0.235. The van der Waals surface area contributed by atoms with Crippen molar-refractivity contribution in [1.82, 2.24) is 4.72 Å². The van der Waals surface area contributed by atoms with Crippen LogP contribution in [0.3, 0.4) is 0 Å². The van der Waals surface area contributed by atoms with Crippen LogP contribution in [0.4, 0.5) is 0 Å². The van der Waals surface area contributed by atoms with Crippen LogP contribution in [-0.4, -0.2) is 14.3 Å².